The summed E-state index contributed by atoms with van der Waals surface area (Å²) < 4.78 is 46.8. The lowest BCUT2D eigenvalue weighted by molar-refractivity contribution is -0.121. The highest BCUT2D eigenvalue weighted by Gasteiger charge is 2.43. The number of benzene rings is 2. The maximum atomic E-state index is 14.5. The molecule has 0 saturated carbocycles. The van der Waals surface area contributed by atoms with E-state index in [0.717, 1.165) is 91.9 Å². The van der Waals surface area contributed by atoms with Crippen LogP contribution >= 0.6 is 0 Å². The SMILES string of the molecule is Cc1n[nH]c(Nc2ncnc3cc(OCCCN4CCN(c5cnc(C(=O)N6CCN(C[C@H]7CN[C@H](C)CN7CC(=O)N7c8cc(Cc9ccc(F)cc9)cnc8CC7(C)C)C(C)C6)cn5)CC4)c(S(=O)(=O)C(C)(C)C)cc23)c1C. The van der Waals surface area contributed by atoms with Crippen molar-refractivity contribution in [1.29, 1.82) is 0 Å². The first-order chi connectivity index (χ1) is 38.1. The van der Waals surface area contributed by atoms with E-state index in [1.54, 1.807) is 57.4 Å². The number of nitrogens with zero attached hydrogens (tertiary/aromatic N) is 12. The van der Waals surface area contributed by atoms with Crippen LogP contribution in [0, 0.1) is 19.7 Å². The molecule has 2 aromatic carbocycles. The zero-order valence-corrected chi connectivity index (χ0v) is 48.4. The van der Waals surface area contributed by atoms with Gasteiger partial charge in [0, 0.05) is 125 Å². The fraction of sp³-hybridized carbons (Fsp3) is 0.517. The van der Waals surface area contributed by atoms with Gasteiger partial charge in [-0.15, -0.1) is 0 Å². The van der Waals surface area contributed by atoms with E-state index in [1.807, 2.05) is 29.8 Å². The fourth-order valence-electron chi connectivity index (χ4n) is 11.4. The van der Waals surface area contributed by atoms with Crippen LogP contribution in [0.1, 0.15) is 93.5 Å². The molecular formula is C58H76FN15O5S. The number of carbonyl (C=O) groups is 2. The van der Waals surface area contributed by atoms with Crippen molar-refractivity contribution in [2.24, 2.45) is 0 Å². The maximum absolute atomic E-state index is 14.5. The smallest absolute Gasteiger partial charge is 0.274 e. The van der Waals surface area contributed by atoms with Crippen molar-refractivity contribution in [3.8, 4) is 5.75 Å². The van der Waals surface area contributed by atoms with Gasteiger partial charge in [0.05, 0.1) is 52.9 Å². The Balaban J connectivity index is 0.694. The number of piperazine rings is 3. The summed E-state index contributed by atoms with van der Waals surface area (Å²) in [7, 11) is -3.82. The number of anilines is 4. The summed E-state index contributed by atoms with van der Waals surface area (Å²) in [6, 6.07) is 12.3. The molecule has 0 radical (unpaired) electrons. The Kier molecular flexibility index (Phi) is 16.3. The monoisotopic (exact) mass is 1110 g/mol. The third-order valence-electron chi connectivity index (χ3n) is 16.3. The standard InChI is InChI=1S/C58H76FN15O5S/c1-37-32-73(35-53(75)74-49-24-42(23-41-11-13-43(59)14-12-41)28-61-47(49)27-58(74,8)9)44(29-60-37)34-71-20-21-72(33-38(71)2)56(76)48-30-63-52(31-62-48)70-18-16-69(17-19-70)15-10-22-79-50-26-46-45(25-51(50)80(77,78)57(5,6)7)55(65-36-64-46)66-54-39(3)40(4)67-68-54/h11-14,24-26,28,30-31,36-38,44,60H,10,15-23,27,29,32-35H2,1-9H3,(H2,64,65,66,67,68)/t37-,38?,44-/m1/s1. The van der Waals surface area contributed by atoms with Gasteiger partial charge < -0.3 is 30.1 Å². The number of sulfone groups is 1. The number of rotatable bonds is 16. The van der Waals surface area contributed by atoms with Gasteiger partial charge in [0.1, 0.15) is 45.9 Å². The first-order valence-corrected chi connectivity index (χ1v) is 29.4. The number of fused-ring (bicyclic) bond motifs is 2. The first-order valence-electron chi connectivity index (χ1n) is 27.9. The number of H-pyrrole nitrogens is 1. The molecule has 8 heterocycles. The Morgan fingerprint density at radius 3 is 2.36 bits per heavy atom. The molecule has 4 aliphatic heterocycles. The van der Waals surface area contributed by atoms with Crippen LogP contribution in [-0.4, -0.2) is 189 Å². The number of pyridine rings is 1. The van der Waals surface area contributed by atoms with Gasteiger partial charge in [-0.05, 0) is 111 Å². The van der Waals surface area contributed by atoms with Gasteiger partial charge in [-0.3, -0.25) is 34.4 Å². The van der Waals surface area contributed by atoms with E-state index in [9.17, 15) is 22.4 Å². The number of carbonyl (C=O) groups excluding carboxylic acids is 2. The second-order valence-corrected chi connectivity index (χ2v) is 26.4. The minimum Gasteiger partial charge on any atom is -0.492 e. The molecule has 0 spiro atoms. The van der Waals surface area contributed by atoms with Crippen LogP contribution in [0.15, 0.2) is 72.3 Å². The molecule has 0 bridgehead atoms. The number of nitrogens with one attached hydrogen (secondary N) is 3. The fourth-order valence-corrected chi connectivity index (χ4v) is 12.7. The zero-order chi connectivity index (χ0) is 56.7. The Labute approximate surface area is 468 Å². The lowest BCUT2D eigenvalue weighted by Crippen LogP contribution is -2.63. The van der Waals surface area contributed by atoms with E-state index in [0.29, 0.717) is 73.7 Å². The Morgan fingerprint density at radius 1 is 0.887 bits per heavy atom. The lowest BCUT2D eigenvalue weighted by atomic mass is 10.0. The minimum absolute atomic E-state index is 0.0495. The second-order valence-electron chi connectivity index (χ2n) is 23.7. The van der Waals surface area contributed by atoms with Crippen LogP contribution in [0.2, 0.25) is 0 Å². The molecule has 22 heteroatoms. The molecule has 3 saturated heterocycles. The van der Waals surface area contributed by atoms with Crippen LogP contribution in [0.4, 0.5) is 27.5 Å². The molecule has 426 valence electrons. The van der Waals surface area contributed by atoms with Crippen molar-refractivity contribution in [3.05, 3.63) is 107 Å². The molecule has 0 aliphatic carbocycles. The van der Waals surface area contributed by atoms with E-state index in [2.05, 4.69) is 89.1 Å². The van der Waals surface area contributed by atoms with Gasteiger partial charge in [-0.2, -0.15) is 5.10 Å². The Hall–Kier alpha value is -6.72. The molecule has 4 aromatic heterocycles. The van der Waals surface area contributed by atoms with Crippen molar-refractivity contribution in [2.45, 2.75) is 115 Å². The van der Waals surface area contributed by atoms with E-state index in [4.69, 9.17) is 14.7 Å². The number of aryl methyl sites for hydroxylation is 1. The average molecular weight is 1110 g/mol. The third kappa shape index (κ3) is 12.1. The van der Waals surface area contributed by atoms with Crippen LogP contribution in [0.25, 0.3) is 10.9 Å². The summed E-state index contributed by atoms with van der Waals surface area (Å²) in [4.78, 5) is 64.7. The Morgan fingerprint density at radius 2 is 1.66 bits per heavy atom. The van der Waals surface area contributed by atoms with E-state index < -0.39 is 20.1 Å². The van der Waals surface area contributed by atoms with Crippen LogP contribution in [0.5, 0.6) is 5.75 Å². The van der Waals surface area contributed by atoms with Crippen LogP contribution in [0.3, 0.4) is 0 Å². The molecule has 6 aromatic rings. The van der Waals surface area contributed by atoms with Gasteiger partial charge in [0.25, 0.3) is 5.91 Å². The number of aromatic nitrogens is 7. The summed E-state index contributed by atoms with van der Waals surface area (Å²) in [6.07, 6.45) is 8.55. The van der Waals surface area contributed by atoms with Gasteiger partial charge in [0.2, 0.25) is 5.91 Å². The number of aromatic amines is 1. The highest BCUT2D eigenvalue weighted by atomic mass is 32.2. The summed E-state index contributed by atoms with van der Waals surface area (Å²) in [5, 5.41) is 14.7. The highest BCUT2D eigenvalue weighted by Crippen LogP contribution is 2.40. The molecular weight excluding hydrogens is 1040 g/mol. The normalized spacial score (nSPS) is 20.3. The topological polar surface area (TPSA) is 214 Å². The van der Waals surface area contributed by atoms with Gasteiger partial charge in [-0.1, -0.05) is 12.1 Å². The van der Waals surface area contributed by atoms with Crippen LogP contribution < -0.4 is 25.2 Å². The van der Waals surface area contributed by atoms with Crippen molar-refractivity contribution >= 4 is 55.7 Å². The number of hydrogen-bond donors (Lipinski definition) is 3. The summed E-state index contributed by atoms with van der Waals surface area (Å²) >= 11 is 0. The molecule has 80 heavy (non-hydrogen) atoms. The Bertz CT molecular complexity index is 3330. The van der Waals surface area contributed by atoms with E-state index >= 15 is 0 Å². The van der Waals surface area contributed by atoms with Crippen molar-refractivity contribution < 1.29 is 27.1 Å². The third-order valence-corrected chi connectivity index (χ3v) is 18.8. The molecule has 4 aliphatic rings. The predicted octanol–water partition coefficient (Wildman–Crippen LogP) is 5.97. The molecule has 3 N–H and O–H groups in total. The predicted molar refractivity (Wildman–Crippen MR) is 307 cm³/mol. The van der Waals surface area contributed by atoms with Crippen molar-refractivity contribution in [1.82, 2.24) is 60.0 Å². The quantitative estimate of drug-likeness (QED) is 0.0953. The number of hydrogen-bond acceptors (Lipinski definition) is 17. The summed E-state index contributed by atoms with van der Waals surface area (Å²) in [5.74, 6) is 1.76. The molecule has 10 rings (SSSR count). The first kappa shape index (κ1) is 56.6. The molecule has 3 fully saturated rings. The number of halogens is 1. The van der Waals surface area contributed by atoms with Gasteiger partial charge in [0.15, 0.2) is 9.84 Å². The van der Waals surface area contributed by atoms with Gasteiger partial charge in [-0.25, -0.2) is 32.7 Å². The van der Waals surface area contributed by atoms with Crippen molar-refractivity contribution in [3.63, 3.8) is 0 Å². The molecule has 2 amide bonds. The number of amides is 2. The molecule has 1 unspecified atom stereocenters. The second kappa shape index (κ2) is 23.0. The zero-order valence-electron chi connectivity index (χ0n) is 47.6. The highest BCUT2D eigenvalue weighted by molar-refractivity contribution is 7.92. The number of ether oxygens (including phenoxy) is 1. The largest absolute Gasteiger partial charge is 0.492 e. The van der Waals surface area contributed by atoms with E-state index in [-0.39, 0.29) is 52.9 Å². The summed E-state index contributed by atoms with van der Waals surface area (Å²) in [5.41, 5.74) is 5.93. The molecule has 20 nitrogen and oxygen atoms in total. The summed E-state index contributed by atoms with van der Waals surface area (Å²) in [6.45, 7) is 25.9. The average Bonchev–Trinajstić information content (AvgIpc) is 3.92. The molecule has 3 atom stereocenters. The minimum atomic E-state index is -3.82. The van der Waals surface area contributed by atoms with Gasteiger partial charge >= 0.3 is 0 Å². The lowest BCUT2D eigenvalue weighted by Gasteiger charge is -2.46. The van der Waals surface area contributed by atoms with Crippen LogP contribution in [-0.2, 0) is 27.5 Å². The van der Waals surface area contributed by atoms with E-state index in [1.165, 1.54) is 18.5 Å². The van der Waals surface area contributed by atoms with Crippen molar-refractivity contribution in [2.75, 3.05) is 100 Å². The maximum Gasteiger partial charge on any atom is 0.274 e.